The summed E-state index contributed by atoms with van der Waals surface area (Å²) in [5.74, 6) is 0.271. The molecule has 1 atom stereocenters. The number of amides is 3. The van der Waals surface area contributed by atoms with Crippen molar-refractivity contribution in [3.05, 3.63) is 47.0 Å². The molecule has 8 nitrogen and oxygen atoms in total. The third kappa shape index (κ3) is 3.83. The first kappa shape index (κ1) is 21.5. The number of anilines is 3. The number of nitrogens with zero attached hydrogens (tertiary/aromatic N) is 2. The number of urea groups is 1. The first-order chi connectivity index (χ1) is 16.7. The van der Waals surface area contributed by atoms with Gasteiger partial charge in [0.05, 0.1) is 22.4 Å². The van der Waals surface area contributed by atoms with Gasteiger partial charge in [-0.1, -0.05) is 12.1 Å². The first-order valence-electron chi connectivity index (χ1n) is 11.9. The number of pyridine rings is 1. The van der Waals surface area contributed by atoms with E-state index in [2.05, 4.69) is 33.1 Å². The largest absolute Gasteiger partial charge is 0.381 e. The normalized spacial score (nSPS) is 20.9. The van der Waals surface area contributed by atoms with Gasteiger partial charge in [-0.25, -0.2) is 9.78 Å². The Bertz CT molecular complexity index is 1250. The maximum atomic E-state index is 13.4. The highest BCUT2D eigenvalue weighted by Crippen LogP contribution is 2.46. The third-order valence-electron chi connectivity index (χ3n) is 6.91. The molecule has 3 aliphatic rings. The molecule has 9 heteroatoms. The lowest BCUT2D eigenvalue weighted by atomic mass is 9.91. The lowest BCUT2D eigenvalue weighted by Gasteiger charge is -2.30. The summed E-state index contributed by atoms with van der Waals surface area (Å²) in [6.45, 7) is 3.28. The molecule has 3 amide bonds. The molecule has 3 aliphatic heterocycles. The number of rotatable bonds is 4. The average Bonchev–Trinajstić information content (AvgIpc) is 3.25. The Balaban J connectivity index is 1.36. The molecule has 0 unspecified atom stereocenters. The Morgan fingerprint density at radius 2 is 2.09 bits per heavy atom. The zero-order valence-electron chi connectivity index (χ0n) is 18.8. The first-order valence-corrected chi connectivity index (χ1v) is 12.7. The SMILES string of the molecule is O=C(N[C@@H]1CCCNC1)c1sc2nccc3c2c1NC(=O)N3c1cccc(C2CCOCC2)c1. The van der Waals surface area contributed by atoms with Crippen LogP contribution >= 0.6 is 11.3 Å². The van der Waals surface area contributed by atoms with Crippen molar-refractivity contribution in [3.8, 4) is 0 Å². The van der Waals surface area contributed by atoms with Crippen LogP contribution in [0.5, 0.6) is 0 Å². The van der Waals surface area contributed by atoms with E-state index in [1.165, 1.54) is 16.9 Å². The van der Waals surface area contributed by atoms with Gasteiger partial charge in [0.15, 0.2) is 0 Å². The topological polar surface area (TPSA) is 95.6 Å². The van der Waals surface area contributed by atoms with Crippen molar-refractivity contribution in [2.24, 2.45) is 0 Å². The molecule has 3 aromatic rings. The smallest absolute Gasteiger partial charge is 0.331 e. The fourth-order valence-corrected chi connectivity index (χ4v) is 6.20. The van der Waals surface area contributed by atoms with E-state index in [-0.39, 0.29) is 18.0 Å². The van der Waals surface area contributed by atoms with E-state index in [1.807, 2.05) is 18.2 Å². The summed E-state index contributed by atoms with van der Waals surface area (Å²) in [5.41, 5.74) is 3.34. The van der Waals surface area contributed by atoms with Crippen LogP contribution in [-0.2, 0) is 4.74 Å². The predicted molar refractivity (Wildman–Crippen MR) is 133 cm³/mol. The molecule has 6 rings (SSSR count). The number of ether oxygens (including phenoxy) is 1. The minimum absolute atomic E-state index is 0.0924. The van der Waals surface area contributed by atoms with E-state index in [1.54, 1.807) is 11.1 Å². The second-order valence-electron chi connectivity index (χ2n) is 9.08. The van der Waals surface area contributed by atoms with Crippen molar-refractivity contribution in [3.63, 3.8) is 0 Å². The van der Waals surface area contributed by atoms with Gasteiger partial charge in [-0.2, -0.15) is 0 Å². The number of piperidine rings is 1. The molecule has 2 aromatic heterocycles. The Labute approximate surface area is 201 Å². The summed E-state index contributed by atoms with van der Waals surface area (Å²) >= 11 is 1.33. The van der Waals surface area contributed by atoms with Gasteiger partial charge in [0.25, 0.3) is 5.91 Å². The van der Waals surface area contributed by atoms with E-state index in [4.69, 9.17) is 4.74 Å². The number of nitrogens with one attached hydrogen (secondary N) is 3. The zero-order chi connectivity index (χ0) is 23.1. The lowest BCUT2D eigenvalue weighted by molar-refractivity contribution is 0.0853. The van der Waals surface area contributed by atoms with E-state index in [0.29, 0.717) is 16.5 Å². The van der Waals surface area contributed by atoms with Gasteiger partial charge in [-0.3, -0.25) is 9.69 Å². The van der Waals surface area contributed by atoms with Crippen LogP contribution in [0.2, 0.25) is 0 Å². The molecule has 176 valence electrons. The summed E-state index contributed by atoms with van der Waals surface area (Å²) in [5, 5.41) is 10.3. The van der Waals surface area contributed by atoms with E-state index < -0.39 is 0 Å². The maximum absolute atomic E-state index is 13.4. The number of thiophene rings is 1. The number of benzene rings is 1. The average molecular weight is 478 g/mol. The van der Waals surface area contributed by atoms with Crippen LogP contribution in [0.3, 0.4) is 0 Å². The Hall–Kier alpha value is -3.01. The number of aromatic nitrogens is 1. The van der Waals surface area contributed by atoms with Gasteiger partial charge in [-0.15, -0.1) is 11.3 Å². The monoisotopic (exact) mass is 477 g/mol. The summed E-state index contributed by atoms with van der Waals surface area (Å²) in [4.78, 5) is 34.0. The number of hydrogen-bond acceptors (Lipinski definition) is 6. The van der Waals surface area contributed by atoms with Crippen LogP contribution in [0.4, 0.5) is 21.9 Å². The van der Waals surface area contributed by atoms with Crippen molar-refractivity contribution in [1.82, 2.24) is 15.6 Å². The van der Waals surface area contributed by atoms with Gasteiger partial charge in [0.2, 0.25) is 0 Å². The molecule has 0 radical (unpaired) electrons. The zero-order valence-corrected chi connectivity index (χ0v) is 19.6. The van der Waals surface area contributed by atoms with Gasteiger partial charge in [0.1, 0.15) is 9.71 Å². The number of carbonyl (C=O) groups excluding carboxylic acids is 2. The predicted octanol–water partition coefficient (Wildman–Crippen LogP) is 4.36. The molecular weight excluding hydrogens is 450 g/mol. The molecule has 5 heterocycles. The molecule has 0 aliphatic carbocycles. The molecule has 2 fully saturated rings. The Morgan fingerprint density at radius 1 is 1.21 bits per heavy atom. The number of hydrogen-bond donors (Lipinski definition) is 3. The quantitative estimate of drug-likeness (QED) is 0.519. The Morgan fingerprint density at radius 3 is 2.91 bits per heavy atom. The van der Waals surface area contributed by atoms with Gasteiger partial charge >= 0.3 is 6.03 Å². The van der Waals surface area contributed by atoms with E-state index in [9.17, 15) is 9.59 Å². The van der Waals surface area contributed by atoms with Crippen LogP contribution in [0, 0.1) is 0 Å². The lowest BCUT2D eigenvalue weighted by Crippen LogP contribution is -2.45. The van der Waals surface area contributed by atoms with Crippen molar-refractivity contribution < 1.29 is 14.3 Å². The molecule has 0 saturated carbocycles. The molecule has 2 saturated heterocycles. The van der Waals surface area contributed by atoms with Crippen LogP contribution in [-0.4, -0.2) is 49.3 Å². The van der Waals surface area contributed by atoms with Crippen molar-refractivity contribution in [2.45, 2.75) is 37.6 Å². The number of carbonyl (C=O) groups is 2. The van der Waals surface area contributed by atoms with Crippen molar-refractivity contribution in [1.29, 1.82) is 0 Å². The Kier molecular flexibility index (Phi) is 5.68. The molecular formula is C25H27N5O3S. The minimum atomic E-state index is -0.268. The maximum Gasteiger partial charge on any atom is 0.331 e. The van der Waals surface area contributed by atoms with Gasteiger partial charge in [0, 0.05) is 32.0 Å². The molecule has 0 bridgehead atoms. The highest BCUT2D eigenvalue weighted by atomic mass is 32.1. The molecule has 3 N–H and O–H groups in total. The van der Waals surface area contributed by atoms with Crippen LogP contribution in [0.1, 0.15) is 46.8 Å². The van der Waals surface area contributed by atoms with Gasteiger partial charge in [-0.05, 0) is 61.9 Å². The highest BCUT2D eigenvalue weighted by Gasteiger charge is 2.33. The second-order valence-corrected chi connectivity index (χ2v) is 10.1. The fourth-order valence-electron chi connectivity index (χ4n) is 5.18. The van der Waals surface area contributed by atoms with Crippen LogP contribution < -0.4 is 20.9 Å². The second kappa shape index (κ2) is 8.98. The molecule has 1 aromatic carbocycles. The summed E-state index contributed by atoms with van der Waals surface area (Å²) in [7, 11) is 0. The van der Waals surface area contributed by atoms with Crippen LogP contribution in [0.25, 0.3) is 10.2 Å². The van der Waals surface area contributed by atoms with Crippen molar-refractivity contribution >= 4 is 50.6 Å². The summed E-state index contributed by atoms with van der Waals surface area (Å²) in [6, 6.07) is 9.86. The summed E-state index contributed by atoms with van der Waals surface area (Å²) < 4.78 is 5.52. The minimum Gasteiger partial charge on any atom is -0.381 e. The molecule has 34 heavy (non-hydrogen) atoms. The van der Waals surface area contributed by atoms with Crippen LogP contribution in [0.15, 0.2) is 36.5 Å². The fraction of sp³-hybridized carbons (Fsp3) is 0.400. The highest BCUT2D eigenvalue weighted by molar-refractivity contribution is 7.21. The van der Waals surface area contributed by atoms with E-state index >= 15 is 0 Å². The summed E-state index contributed by atoms with van der Waals surface area (Å²) in [6.07, 6.45) is 5.66. The van der Waals surface area contributed by atoms with Crippen molar-refractivity contribution in [2.75, 3.05) is 36.5 Å². The van der Waals surface area contributed by atoms with Gasteiger partial charge < -0.3 is 20.7 Å². The molecule has 0 spiro atoms. The van der Waals surface area contributed by atoms with E-state index in [0.717, 1.165) is 73.6 Å². The standard InChI is InChI=1S/C25H27N5O3S/c31-23(28-17-4-2-9-26-14-17)22-21-20-19(6-10-27-24(20)34-22)30(25(32)29-21)18-5-1-3-16(13-18)15-7-11-33-12-8-15/h1,3,5-6,10,13,15,17,26H,2,4,7-9,11-12,14H2,(H,28,31)(H,29,32)/t17-/m1/s1. The third-order valence-corrected chi connectivity index (χ3v) is 8.00.